The van der Waals surface area contributed by atoms with Crippen LogP contribution in [0.2, 0.25) is 0 Å². The molecule has 2 rings (SSSR count). The second-order valence-electron chi connectivity index (χ2n) is 4.46. The van der Waals surface area contributed by atoms with Crippen molar-refractivity contribution in [3.05, 3.63) is 60.2 Å². The molecule has 3 nitrogen and oxygen atoms in total. The van der Waals surface area contributed by atoms with Crippen molar-refractivity contribution in [3.8, 4) is 5.75 Å². The summed E-state index contributed by atoms with van der Waals surface area (Å²) in [6, 6.07) is 16.7. The van der Waals surface area contributed by atoms with Gasteiger partial charge in [-0.3, -0.25) is 4.79 Å². The summed E-state index contributed by atoms with van der Waals surface area (Å²) in [6.45, 7) is 2.08. The van der Waals surface area contributed by atoms with Gasteiger partial charge in [0, 0.05) is 17.0 Å². The van der Waals surface area contributed by atoms with E-state index in [2.05, 4.69) is 24.4 Å². The predicted molar refractivity (Wildman–Crippen MR) is 84.1 cm³/mol. The lowest BCUT2D eigenvalue weighted by molar-refractivity contribution is -0.113. The Morgan fingerprint density at radius 2 is 1.95 bits per heavy atom. The van der Waals surface area contributed by atoms with Gasteiger partial charge in [0.05, 0.1) is 5.75 Å². The van der Waals surface area contributed by atoms with Crippen LogP contribution in [0.25, 0.3) is 0 Å². The first kappa shape index (κ1) is 14.5. The van der Waals surface area contributed by atoms with Crippen molar-refractivity contribution in [1.82, 2.24) is 0 Å². The number of hydrogen-bond donors (Lipinski definition) is 2. The van der Waals surface area contributed by atoms with Gasteiger partial charge < -0.3 is 10.4 Å². The first-order valence-corrected chi connectivity index (χ1v) is 7.45. The number of aromatic hydroxyl groups is 1. The number of phenols is 1. The number of hydrogen-bond acceptors (Lipinski definition) is 3. The molecule has 2 aromatic rings. The average molecular weight is 287 g/mol. The fraction of sp³-hybridized carbons (Fsp3) is 0.188. The number of rotatable bonds is 5. The Labute approximate surface area is 123 Å². The summed E-state index contributed by atoms with van der Waals surface area (Å²) >= 11 is 1.59. The molecular formula is C16H17NO2S. The summed E-state index contributed by atoms with van der Waals surface area (Å²) in [5.74, 6) is 0.461. The van der Waals surface area contributed by atoms with Gasteiger partial charge >= 0.3 is 0 Å². The highest BCUT2D eigenvalue weighted by molar-refractivity contribution is 8.00. The fourth-order valence-corrected chi connectivity index (χ4v) is 2.62. The molecule has 2 N–H and O–H groups in total. The Morgan fingerprint density at radius 1 is 1.20 bits per heavy atom. The minimum atomic E-state index is -0.0663. The van der Waals surface area contributed by atoms with Crippen molar-refractivity contribution in [3.63, 3.8) is 0 Å². The van der Waals surface area contributed by atoms with E-state index in [9.17, 15) is 9.90 Å². The molecule has 104 valence electrons. The van der Waals surface area contributed by atoms with Gasteiger partial charge in [-0.1, -0.05) is 36.4 Å². The third-order valence-corrected chi connectivity index (χ3v) is 4.06. The van der Waals surface area contributed by atoms with Gasteiger partial charge in [-0.05, 0) is 24.6 Å². The normalized spacial score (nSPS) is 11.8. The number of nitrogens with one attached hydrogen (secondary N) is 1. The van der Waals surface area contributed by atoms with Crippen LogP contribution in [0.4, 0.5) is 5.69 Å². The summed E-state index contributed by atoms with van der Waals surface area (Å²) in [4.78, 5) is 11.8. The van der Waals surface area contributed by atoms with Crippen molar-refractivity contribution in [2.45, 2.75) is 12.2 Å². The molecule has 0 aliphatic carbocycles. The average Bonchev–Trinajstić information content (AvgIpc) is 2.46. The van der Waals surface area contributed by atoms with E-state index >= 15 is 0 Å². The topological polar surface area (TPSA) is 49.3 Å². The smallest absolute Gasteiger partial charge is 0.234 e. The van der Waals surface area contributed by atoms with Crippen LogP contribution in [-0.2, 0) is 4.79 Å². The molecule has 0 aliphatic rings. The van der Waals surface area contributed by atoms with Gasteiger partial charge in [-0.15, -0.1) is 11.8 Å². The Morgan fingerprint density at radius 3 is 2.65 bits per heavy atom. The van der Waals surface area contributed by atoms with Gasteiger partial charge in [0.25, 0.3) is 0 Å². The summed E-state index contributed by atoms with van der Waals surface area (Å²) in [7, 11) is 0. The molecule has 0 saturated carbocycles. The van der Waals surface area contributed by atoms with E-state index in [1.807, 2.05) is 18.2 Å². The van der Waals surface area contributed by atoms with Crippen LogP contribution in [0.5, 0.6) is 5.75 Å². The van der Waals surface area contributed by atoms with Crippen LogP contribution in [0.1, 0.15) is 17.7 Å². The van der Waals surface area contributed by atoms with Crippen molar-refractivity contribution in [2.75, 3.05) is 11.1 Å². The zero-order chi connectivity index (χ0) is 14.4. The third-order valence-electron chi connectivity index (χ3n) is 2.86. The first-order valence-electron chi connectivity index (χ1n) is 6.40. The van der Waals surface area contributed by atoms with E-state index in [-0.39, 0.29) is 16.9 Å². The molecule has 1 unspecified atom stereocenters. The van der Waals surface area contributed by atoms with Gasteiger partial charge in [0.1, 0.15) is 5.75 Å². The Hall–Kier alpha value is -1.94. The standard InChI is InChI=1S/C16H17NO2S/c1-12(13-6-3-2-4-7-13)20-11-16(19)17-14-8-5-9-15(18)10-14/h2-10,12,18H,11H2,1H3,(H,17,19). The number of thioether (sulfide) groups is 1. The van der Waals surface area contributed by atoms with Gasteiger partial charge in [-0.25, -0.2) is 0 Å². The molecular weight excluding hydrogens is 270 g/mol. The minimum absolute atomic E-state index is 0.0663. The predicted octanol–water partition coefficient (Wildman–Crippen LogP) is 3.83. The number of benzene rings is 2. The van der Waals surface area contributed by atoms with Crippen LogP contribution in [-0.4, -0.2) is 16.8 Å². The molecule has 0 spiro atoms. The molecule has 0 heterocycles. The highest BCUT2D eigenvalue weighted by Gasteiger charge is 2.09. The lowest BCUT2D eigenvalue weighted by Gasteiger charge is -2.11. The molecule has 20 heavy (non-hydrogen) atoms. The van der Waals surface area contributed by atoms with E-state index in [1.165, 1.54) is 11.6 Å². The highest BCUT2D eigenvalue weighted by atomic mass is 32.2. The molecule has 2 aromatic carbocycles. The van der Waals surface area contributed by atoms with Crippen LogP contribution in [0.3, 0.4) is 0 Å². The largest absolute Gasteiger partial charge is 0.508 e. The van der Waals surface area contributed by atoms with Crippen molar-refractivity contribution < 1.29 is 9.90 Å². The fourth-order valence-electron chi connectivity index (χ4n) is 1.80. The third kappa shape index (κ3) is 4.31. The molecule has 1 amide bonds. The second kappa shape index (κ2) is 7.01. The lowest BCUT2D eigenvalue weighted by Crippen LogP contribution is -2.14. The Balaban J connectivity index is 1.83. The number of carbonyl (C=O) groups excluding carboxylic acids is 1. The first-order chi connectivity index (χ1) is 9.65. The number of phenolic OH excluding ortho intramolecular Hbond substituents is 1. The summed E-state index contributed by atoms with van der Waals surface area (Å²) in [5.41, 5.74) is 1.82. The molecule has 0 fully saturated rings. The van der Waals surface area contributed by atoms with Crippen molar-refractivity contribution in [2.24, 2.45) is 0 Å². The molecule has 0 aromatic heterocycles. The monoisotopic (exact) mass is 287 g/mol. The molecule has 0 radical (unpaired) electrons. The molecule has 1 atom stereocenters. The minimum Gasteiger partial charge on any atom is -0.508 e. The van der Waals surface area contributed by atoms with Crippen molar-refractivity contribution in [1.29, 1.82) is 0 Å². The van der Waals surface area contributed by atoms with E-state index in [0.29, 0.717) is 11.4 Å². The molecule has 4 heteroatoms. The number of amides is 1. The zero-order valence-corrected chi connectivity index (χ0v) is 12.1. The Bertz CT molecular complexity index is 572. The van der Waals surface area contributed by atoms with Crippen LogP contribution in [0, 0.1) is 0 Å². The van der Waals surface area contributed by atoms with Crippen LogP contribution in [0.15, 0.2) is 54.6 Å². The van der Waals surface area contributed by atoms with Gasteiger partial charge in [0.2, 0.25) is 5.91 Å². The quantitative estimate of drug-likeness (QED) is 0.878. The van der Waals surface area contributed by atoms with E-state index in [4.69, 9.17) is 0 Å². The van der Waals surface area contributed by atoms with Crippen molar-refractivity contribution >= 4 is 23.4 Å². The van der Waals surface area contributed by atoms with Crippen LogP contribution >= 0.6 is 11.8 Å². The summed E-state index contributed by atoms with van der Waals surface area (Å²) in [5, 5.41) is 12.4. The summed E-state index contributed by atoms with van der Waals surface area (Å²) < 4.78 is 0. The van der Waals surface area contributed by atoms with Gasteiger partial charge in [0.15, 0.2) is 0 Å². The SMILES string of the molecule is CC(SCC(=O)Nc1cccc(O)c1)c1ccccc1. The Kier molecular flexibility index (Phi) is 5.07. The van der Waals surface area contributed by atoms with E-state index < -0.39 is 0 Å². The number of anilines is 1. The molecule has 0 saturated heterocycles. The lowest BCUT2D eigenvalue weighted by atomic mass is 10.2. The maximum atomic E-state index is 11.8. The number of carbonyl (C=O) groups is 1. The summed E-state index contributed by atoms with van der Waals surface area (Å²) in [6.07, 6.45) is 0. The molecule has 0 aliphatic heterocycles. The zero-order valence-electron chi connectivity index (χ0n) is 11.2. The van der Waals surface area contributed by atoms with Gasteiger partial charge in [-0.2, -0.15) is 0 Å². The van der Waals surface area contributed by atoms with Crippen LogP contribution < -0.4 is 5.32 Å². The van der Waals surface area contributed by atoms with E-state index in [1.54, 1.807) is 30.0 Å². The molecule has 0 bridgehead atoms. The maximum Gasteiger partial charge on any atom is 0.234 e. The maximum absolute atomic E-state index is 11.8. The highest BCUT2D eigenvalue weighted by Crippen LogP contribution is 2.27. The van der Waals surface area contributed by atoms with E-state index in [0.717, 1.165) is 0 Å². The second-order valence-corrected chi connectivity index (χ2v) is 5.79.